The molecule has 8 nitrogen and oxygen atoms in total. The molecule has 39 heavy (non-hydrogen) atoms. The van der Waals surface area contributed by atoms with Gasteiger partial charge in [-0.1, -0.05) is 54.6 Å². The maximum atomic E-state index is 13.2. The lowest BCUT2D eigenvalue weighted by Crippen LogP contribution is -2.45. The number of nitrogens with one attached hydrogen (secondary N) is 2. The molecular weight excluding hydrogens is 496 g/mol. The summed E-state index contributed by atoms with van der Waals surface area (Å²) in [4.78, 5) is 37.6. The molecule has 210 valence electrons. The average Bonchev–Trinajstić information content (AvgIpc) is 2.94. The van der Waals surface area contributed by atoms with Crippen LogP contribution in [0.4, 0.5) is 0 Å². The van der Waals surface area contributed by atoms with Crippen molar-refractivity contribution in [3.8, 4) is 5.75 Å². The van der Waals surface area contributed by atoms with Crippen LogP contribution in [0.3, 0.4) is 0 Å². The number of hydrogen-bond donors (Lipinski definition) is 3. The van der Waals surface area contributed by atoms with Crippen molar-refractivity contribution >= 4 is 17.8 Å². The maximum Gasteiger partial charge on any atom is 0.306 e. The second-order valence-electron chi connectivity index (χ2n) is 9.41. The van der Waals surface area contributed by atoms with Crippen LogP contribution in [0.25, 0.3) is 0 Å². The molecule has 2 rings (SSSR count). The molecule has 8 heteroatoms. The Labute approximate surface area is 231 Å². The lowest BCUT2D eigenvalue weighted by atomic mass is 9.98. The minimum absolute atomic E-state index is 0.0114. The number of aliphatic hydroxyl groups is 1. The van der Waals surface area contributed by atoms with Crippen LogP contribution < -0.4 is 15.4 Å². The lowest BCUT2D eigenvalue weighted by Gasteiger charge is -2.23. The summed E-state index contributed by atoms with van der Waals surface area (Å²) >= 11 is 0. The number of benzene rings is 2. The zero-order valence-corrected chi connectivity index (χ0v) is 22.6. The van der Waals surface area contributed by atoms with E-state index in [2.05, 4.69) is 23.8 Å². The summed E-state index contributed by atoms with van der Waals surface area (Å²) in [5.74, 6) is -0.984. The molecule has 0 aliphatic rings. The highest BCUT2D eigenvalue weighted by Gasteiger charge is 2.25. The fraction of sp³-hybridized carbons (Fsp3) is 0.387. The van der Waals surface area contributed by atoms with E-state index >= 15 is 0 Å². The first-order chi connectivity index (χ1) is 18.8. The molecule has 2 aromatic carbocycles. The Balaban J connectivity index is 2.05. The van der Waals surface area contributed by atoms with Crippen molar-refractivity contribution in [1.29, 1.82) is 0 Å². The van der Waals surface area contributed by atoms with E-state index in [1.807, 2.05) is 54.6 Å². The van der Waals surface area contributed by atoms with Gasteiger partial charge >= 0.3 is 5.97 Å². The zero-order valence-electron chi connectivity index (χ0n) is 22.6. The van der Waals surface area contributed by atoms with E-state index in [4.69, 9.17) is 9.47 Å². The molecular formula is C31H40N2O6. The van der Waals surface area contributed by atoms with Crippen LogP contribution >= 0.6 is 0 Å². The number of carbonyl (C=O) groups excluding carboxylic acids is 3. The van der Waals surface area contributed by atoms with Crippen molar-refractivity contribution in [3.05, 3.63) is 91.0 Å². The molecule has 0 aliphatic carbocycles. The number of allylic oxidation sites excluding steroid dienone is 2. The van der Waals surface area contributed by atoms with E-state index in [0.717, 1.165) is 11.1 Å². The zero-order chi connectivity index (χ0) is 28.5. The number of ether oxygens (including phenoxy) is 2. The highest BCUT2D eigenvalue weighted by atomic mass is 16.5. The van der Waals surface area contributed by atoms with Gasteiger partial charge in [0.05, 0.1) is 18.6 Å². The number of rotatable bonds is 18. The summed E-state index contributed by atoms with van der Waals surface area (Å²) in [5.41, 5.74) is 1.99. The molecule has 0 bridgehead atoms. The molecule has 0 spiro atoms. The highest BCUT2D eigenvalue weighted by molar-refractivity contribution is 5.86. The molecule has 3 N–H and O–H groups in total. The Morgan fingerprint density at radius 1 is 0.974 bits per heavy atom. The smallest absolute Gasteiger partial charge is 0.306 e. The van der Waals surface area contributed by atoms with E-state index in [0.29, 0.717) is 31.6 Å². The third kappa shape index (κ3) is 12.5. The van der Waals surface area contributed by atoms with Gasteiger partial charge in [-0.25, -0.2) is 0 Å². The SMILES string of the molecule is C=CCCC(=O)OC[C@H](Cc1ccc(OCc2ccccc2)cc1)NC(=O)[C@H](CC=C)CC(=O)N[C@H](C)CO. The quantitative estimate of drug-likeness (QED) is 0.197. The van der Waals surface area contributed by atoms with E-state index in [-0.39, 0.29) is 43.8 Å². The minimum Gasteiger partial charge on any atom is -0.489 e. The largest absolute Gasteiger partial charge is 0.489 e. The van der Waals surface area contributed by atoms with Crippen LogP contribution in [0.15, 0.2) is 79.9 Å². The average molecular weight is 537 g/mol. The number of aliphatic hydroxyl groups excluding tert-OH is 1. The molecule has 2 amide bonds. The van der Waals surface area contributed by atoms with Crippen LogP contribution in [-0.2, 0) is 32.1 Å². The maximum absolute atomic E-state index is 13.2. The Bertz CT molecular complexity index is 1050. The van der Waals surface area contributed by atoms with Crippen LogP contribution in [0.1, 0.15) is 43.7 Å². The molecule has 0 unspecified atom stereocenters. The van der Waals surface area contributed by atoms with Crippen LogP contribution in [0.5, 0.6) is 5.75 Å². The standard InChI is InChI=1S/C31H40N2O6/c1-4-6-13-30(36)39-22-27(33-31(37)26(10-5-2)19-29(35)32-23(3)20-34)18-24-14-16-28(17-15-24)38-21-25-11-8-7-9-12-25/h4-5,7-9,11-12,14-17,23,26-27,34H,1-2,6,10,13,18-22H2,3H3,(H,32,35)(H,33,37)/t23-,26-,27+/m1/s1. The summed E-state index contributed by atoms with van der Waals surface area (Å²) in [6.45, 7) is 9.24. The van der Waals surface area contributed by atoms with E-state index in [1.165, 1.54) is 0 Å². The Morgan fingerprint density at radius 3 is 2.33 bits per heavy atom. The normalized spacial score (nSPS) is 12.9. The van der Waals surface area contributed by atoms with Gasteiger partial charge in [0.25, 0.3) is 0 Å². The van der Waals surface area contributed by atoms with Gasteiger partial charge < -0.3 is 25.2 Å². The Hall–Kier alpha value is -3.91. The molecule has 2 aromatic rings. The van der Waals surface area contributed by atoms with Crippen molar-refractivity contribution in [2.24, 2.45) is 5.92 Å². The Morgan fingerprint density at radius 2 is 1.69 bits per heavy atom. The topological polar surface area (TPSA) is 114 Å². The fourth-order valence-corrected chi connectivity index (χ4v) is 3.79. The number of amides is 2. The molecule has 0 heterocycles. The summed E-state index contributed by atoms with van der Waals surface area (Å²) in [7, 11) is 0. The van der Waals surface area contributed by atoms with Gasteiger partial charge in [0.2, 0.25) is 11.8 Å². The van der Waals surface area contributed by atoms with Gasteiger partial charge in [0.1, 0.15) is 19.0 Å². The first-order valence-electron chi connectivity index (χ1n) is 13.2. The van der Waals surface area contributed by atoms with E-state index < -0.39 is 18.0 Å². The second kappa shape index (κ2) is 17.6. The summed E-state index contributed by atoms with van der Waals surface area (Å²) in [5, 5.41) is 14.8. The highest BCUT2D eigenvalue weighted by Crippen LogP contribution is 2.17. The number of hydrogen-bond acceptors (Lipinski definition) is 6. The minimum atomic E-state index is -0.652. The third-order valence-electron chi connectivity index (χ3n) is 5.93. The molecule has 0 aliphatic heterocycles. The van der Waals surface area contributed by atoms with Gasteiger partial charge in [0, 0.05) is 18.9 Å². The van der Waals surface area contributed by atoms with Gasteiger partial charge in [0.15, 0.2) is 0 Å². The van der Waals surface area contributed by atoms with E-state index in [1.54, 1.807) is 19.1 Å². The Kier molecular flexibility index (Phi) is 14.1. The summed E-state index contributed by atoms with van der Waals surface area (Å²) in [6, 6.07) is 16.5. The predicted molar refractivity (Wildman–Crippen MR) is 151 cm³/mol. The summed E-state index contributed by atoms with van der Waals surface area (Å²) < 4.78 is 11.3. The number of carbonyl (C=O) groups is 3. The van der Waals surface area contributed by atoms with Crippen molar-refractivity contribution in [1.82, 2.24) is 10.6 Å². The monoisotopic (exact) mass is 536 g/mol. The number of esters is 1. The summed E-state index contributed by atoms with van der Waals surface area (Å²) in [6.07, 6.45) is 4.60. The van der Waals surface area contributed by atoms with Gasteiger partial charge in [-0.15, -0.1) is 13.2 Å². The lowest BCUT2D eigenvalue weighted by molar-refractivity contribution is -0.145. The van der Waals surface area contributed by atoms with Crippen molar-refractivity contribution in [2.45, 2.75) is 57.7 Å². The van der Waals surface area contributed by atoms with Crippen LogP contribution in [-0.4, -0.2) is 48.2 Å². The van der Waals surface area contributed by atoms with Crippen LogP contribution in [0.2, 0.25) is 0 Å². The second-order valence-corrected chi connectivity index (χ2v) is 9.41. The van der Waals surface area contributed by atoms with Crippen molar-refractivity contribution in [2.75, 3.05) is 13.2 Å². The van der Waals surface area contributed by atoms with Gasteiger partial charge in [-0.3, -0.25) is 14.4 Å². The van der Waals surface area contributed by atoms with Gasteiger partial charge in [-0.2, -0.15) is 0 Å². The molecule has 3 atom stereocenters. The third-order valence-corrected chi connectivity index (χ3v) is 5.93. The molecule has 0 saturated carbocycles. The molecule has 0 aromatic heterocycles. The fourth-order valence-electron chi connectivity index (χ4n) is 3.79. The molecule has 0 radical (unpaired) electrons. The van der Waals surface area contributed by atoms with E-state index in [9.17, 15) is 19.5 Å². The van der Waals surface area contributed by atoms with Crippen molar-refractivity contribution in [3.63, 3.8) is 0 Å². The predicted octanol–water partition coefficient (Wildman–Crippen LogP) is 3.88. The molecule has 0 fully saturated rings. The van der Waals surface area contributed by atoms with Crippen molar-refractivity contribution < 1.29 is 29.0 Å². The van der Waals surface area contributed by atoms with Crippen LogP contribution in [0, 0.1) is 5.92 Å². The first-order valence-corrected chi connectivity index (χ1v) is 13.2. The first kappa shape index (κ1) is 31.3. The molecule has 0 saturated heterocycles. The van der Waals surface area contributed by atoms with Gasteiger partial charge in [-0.05, 0) is 49.4 Å².